The summed E-state index contributed by atoms with van der Waals surface area (Å²) in [5.41, 5.74) is 0.347. The van der Waals surface area contributed by atoms with Crippen molar-refractivity contribution < 1.29 is 18.7 Å². The Hall–Kier alpha value is -2.24. The molecule has 1 N–H and O–H groups in total. The third-order valence-corrected chi connectivity index (χ3v) is 4.06. The highest BCUT2D eigenvalue weighted by Crippen LogP contribution is 2.25. The number of ether oxygens (including phenoxy) is 1. The molecule has 0 spiro atoms. The topological polar surface area (TPSA) is 55.4 Å². The van der Waals surface area contributed by atoms with Gasteiger partial charge in [0.25, 0.3) is 5.91 Å². The molecule has 0 saturated carbocycles. The molecule has 1 amide bonds. The summed E-state index contributed by atoms with van der Waals surface area (Å²) in [6.07, 6.45) is 0.924. The smallest absolute Gasteiger partial charge is 0.253 e. The van der Waals surface area contributed by atoms with Crippen LogP contribution in [-0.4, -0.2) is 24.4 Å². The maximum atomic E-state index is 13.9. The van der Waals surface area contributed by atoms with E-state index in [1.165, 1.54) is 30.3 Å². The number of hydrogen-bond acceptors (Lipinski definition) is 3. The van der Waals surface area contributed by atoms with Crippen LogP contribution in [0, 0.1) is 5.82 Å². The summed E-state index contributed by atoms with van der Waals surface area (Å²) in [6.45, 7) is 0.541. The monoisotopic (exact) mass is 347 g/mol. The van der Waals surface area contributed by atoms with E-state index in [2.05, 4.69) is 5.32 Å². The van der Waals surface area contributed by atoms with Crippen molar-refractivity contribution in [2.24, 2.45) is 0 Å². The van der Waals surface area contributed by atoms with Gasteiger partial charge in [-0.3, -0.25) is 9.59 Å². The average molecular weight is 348 g/mol. The van der Waals surface area contributed by atoms with Gasteiger partial charge in [0.15, 0.2) is 5.78 Å². The van der Waals surface area contributed by atoms with Gasteiger partial charge in [0.05, 0.1) is 11.3 Å². The predicted molar refractivity (Wildman–Crippen MR) is 88.9 cm³/mol. The number of carbonyl (C=O) groups is 2. The molecule has 1 heterocycles. The van der Waals surface area contributed by atoms with Crippen LogP contribution in [0.25, 0.3) is 0 Å². The van der Waals surface area contributed by atoms with Crippen LogP contribution in [0.2, 0.25) is 5.02 Å². The number of hydrogen-bond donors (Lipinski definition) is 1. The van der Waals surface area contributed by atoms with Crippen LogP contribution in [0.1, 0.15) is 28.8 Å². The highest BCUT2D eigenvalue weighted by atomic mass is 35.5. The van der Waals surface area contributed by atoms with Crippen LogP contribution >= 0.6 is 11.6 Å². The Morgan fingerprint density at radius 2 is 1.96 bits per heavy atom. The van der Waals surface area contributed by atoms with E-state index in [1.54, 1.807) is 12.1 Å². The first-order valence-corrected chi connectivity index (χ1v) is 7.95. The molecule has 3 rings (SSSR count). The average Bonchev–Trinajstić information content (AvgIpc) is 3.11. The highest BCUT2D eigenvalue weighted by molar-refractivity contribution is 6.31. The molecular formula is C18H15ClFNO3. The van der Waals surface area contributed by atoms with Gasteiger partial charge in [-0.15, -0.1) is 0 Å². The molecule has 1 aliphatic heterocycles. The fraction of sp³-hybridized carbons (Fsp3) is 0.222. The van der Waals surface area contributed by atoms with E-state index in [9.17, 15) is 14.0 Å². The standard InChI is InChI=1S/C18H15ClFNO3/c19-11-7-8-15(21-18(23)16-6-3-9-24-16)13(10-11)17(22)12-4-1-2-5-14(12)20/h1-2,4-5,7-8,10,16H,3,6,9H2,(H,21,23). The number of amides is 1. The van der Waals surface area contributed by atoms with Crippen LogP contribution in [-0.2, 0) is 9.53 Å². The van der Waals surface area contributed by atoms with Crippen molar-refractivity contribution >= 4 is 29.0 Å². The Balaban J connectivity index is 1.92. The Morgan fingerprint density at radius 3 is 2.67 bits per heavy atom. The summed E-state index contributed by atoms with van der Waals surface area (Å²) in [5.74, 6) is -1.49. The van der Waals surface area contributed by atoms with Gasteiger partial charge in [-0.1, -0.05) is 23.7 Å². The Morgan fingerprint density at radius 1 is 1.17 bits per heavy atom. The lowest BCUT2D eigenvalue weighted by Gasteiger charge is -2.14. The van der Waals surface area contributed by atoms with Crippen molar-refractivity contribution in [2.75, 3.05) is 11.9 Å². The molecule has 0 radical (unpaired) electrons. The number of benzene rings is 2. The van der Waals surface area contributed by atoms with Gasteiger partial charge in [0.1, 0.15) is 11.9 Å². The predicted octanol–water partition coefficient (Wildman–Crippen LogP) is 3.83. The molecule has 24 heavy (non-hydrogen) atoms. The first-order chi connectivity index (χ1) is 11.6. The molecule has 0 aliphatic carbocycles. The van der Waals surface area contributed by atoms with Crippen molar-refractivity contribution in [3.8, 4) is 0 Å². The molecule has 0 aromatic heterocycles. The quantitative estimate of drug-likeness (QED) is 0.855. The zero-order valence-electron chi connectivity index (χ0n) is 12.7. The minimum atomic E-state index is -0.626. The van der Waals surface area contributed by atoms with E-state index in [0.717, 1.165) is 6.42 Å². The molecule has 0 bridgehead atoms. The summed E-state index contributed by atoms with van der Waals surface area (Å²) in [6, 6.07) is 10.2. The van der Waals surface area contributed by atoms with Crippen molar-refractivity contribution in [3.63, 3.8) is 0 Å². The molecule has 2 aromatic carbocycles. The fourth-order valence-electron chi connectivity index (χ4n) is 2.60. The van der Waals surface area contributed by atoms with Crippen LogP contribution in [0.3, 0.4) is 0 Å². The first-order valence-electron chi connectivity index (χ1n) is 7.57. The summed E-state index contributed by atoms with van der Waals surface area (Å²) >= 11 is 5.97. The second-order valence-corrected chi connectivity index (χ2v) is 5.93. The maximum Gasteiger partial charge on any atom is 0.253 e. The number of ketones is 1. The summed E-state index contributed by atoms with van der Waals surface area (Å²) in [4.78, 5) is 24.9. The SMILES string of the molecule is O=C(c1ccccc1F)c1cc(Cl)ccc1NC(=O)C1CCCO1. The molecule has 1 unspecified atom stereocenters. The minimum absolute atomic E-state index is 0.0765. The second-order valence-electron chi connectivity index (χ2n) is 5.49. The Bertz CT molecular complexity index is 788. The van der Waals surface area contributed by atoms with E-state index >= 15 is 0 Å². The number of halogens is 2. The first kappa shape index (κ1) is 16.6. The van der Waals surface area contributed by atoms with Crippen LogP contribution < -0.4 is 5.32 Å². The number of rotatable bonds is 4. The van der Waals surface area contributed by atoms with Crippen LogP contribution in [0.5, 0.6) is 0 Å². The summed E-state index contributed by atoms with van der Waals surface area (Å²) in [5, 5.41) is 3.01. The molecule has 1 fully saturated rings. The van der Waals surface area contributed by atoms with Gasteiger partial charge in [-0.25, -0.2) is 4.39 Å². The number of carbonyl (C=O) groups excluding carboxylic acids is 2. The zero-order chi connectivity index (χ0) is 17.1. The van der Waals surface area contributed by atoms with Gasteiger partial charge in [-0.2, -0.15) is 0 Å². The van der Waals surface area contributed by atoms with E-state index in [0.29, 0.717) is 18.1 Å². The van der Waals surface area contributed by atoms with E-state index in [4.69, 9.17) is 16.3 Å². The molecule has 6 heteroatoms. The Kier molecular flexibility index (Phi) is 4.92. The van der Waals surface area contributed by atoms with Crippen molar-refractivity contribution in [1.82, 2.24) is 0 Å². The van der Waals surface area contributed by atoms with Gasteiger partial charge >= 0.3 is 0 Å². The van der Waals surface area contributed by atoms with Crippen LogP contribution in [0.4, 0.5) is 10.1 Å². The molecule has 1 saturated heterocycles. The molecular weight excluding hydrogens is 333 g/mol. The van der Waals surface area contributed by atoms with E-state index in [-0.39, 0.29) is 22.7 Å². The second kappa shape index (κ2) is 7.11. The van der Waals surface area contributed by atoms with Crippen molar-refractivity contribution in [3.05, 3.63) is 64.4 Å². The lowest BCUT2D eigenvalue weighted by molar-refractivity contribution is -0.124. The maximum absolute atomic E-state index is 13.9. The number of nitrogens with one attached hydrogen (secondary N) is 1. The summed E-state index contributed by atoms with van der Waals surface area (Å²) in [7, 11) is 0. The van der Waals surface area contributed by atoms with Crippen molar-refractivity contribution in [2.45, 2.75) is 18.9 Å². The lowest BCUT2D eigenvalue weighted by Crippen LogP contribution is -2.27. The number of anilines is 1. The van der Waals surface area contributed by atoms with Gasteiger partial charge < -0.3 is 10.1 Å². The van der Waals surface area contributed by atoms with Gasteiger partial charge in [0.2, 0.25) is 0 Å². The molecule has 1 aliphatic rings. The van der Waals surface area contributed by atoms with E-state index in [1.807, 2.05) is 0 Å². The van der Waals surface area contributed by atoms with Crippen LogP contribution in [0.15, 0.2) is 42.5 Å². The van der Waals surface area contributed by atoms with Gasteiger partial charge in [0, 0.05) is 17.2 Å². The highest BCUT2D eigenvalue weighted by Gasteiger charge is 2.25. The van der Waals surface area contributed by atoms with Crippen molar-refractivity contribution in [1.29, 1.82) is 0 Å². The fourth-order valence-corrected chi connectivity index (χ4v) is 2.77. The lowest BCUT2D eigenvalue weighted by atomic mass is 10.0. The largest absolute Gasteiger partial charge is 0.368 e. The zero-order valence-corrected chi connectivity index (χ0v) is 13.5. The third-order valence-electron chi connectivity index (χ3n) is 3.82. The molecule has 4 nitrogen and oxygen atoms in total. The van der Waals surface area contributed by atoms with Gasteiger partial charge in [-0.05, 0) is 43.2 Å². The van der Waals surface area contributed by atoms with E-state index < -0.39 is 17.7 Å². The summed E-state index contributed by atoms with van der Waals surface area (Å²) < 4.78 is 19.2. The third kappa shape index (κ3) is 3.47. The minimum Gasteiger partial charge on any atom is -0.368 e. The molecule has 1 atom stereocenters. The molecule has 124 valence electrons. The molecule has 2 aromatic rings. The normalized spacial score (nSPS) is 16.8. The Labute approximate surface area is 143 Å².